The first-order valence-corrected chi connectivity index (χ1v) is 11.1. The molecule has 0 aliphatic rings. The van der Waals surface area contributed by atoms with Gasteiger partial charge in [0.1, 0.15) is 27.8 Å². The van der Waals surface area contributed by atoms with Gasteiger partial charge in [-0.1, -0.05) is 0 Å². The highest BCUT2D eigenvalue weighted by molar-refractivity contribution is 7.07. The molecule has 9 nitrogen and oxygen atoms in total. The lowest BCUT2D eigenvalue weighted by Gasteiger charge is -2.08. The average molecular weight is 500 g/mol. The Kier molecular flexibility index (Phi) is 7.56. The van der Waals surface area contributed by atoms with Crippen molar-refractivity contribution < 1.29 is 27.9 Å². The van der Waals surface area contributed by atoms with Crippen LogP contribution in [0, 0.1) is 24.1 Å². The number of thiazole rings is 1. The van der Waals surface area contributed by atoms with Crippen molar-refractivity contribution in [2.75, 3.05) is 14.2 Å². The van der Waals surface area contributed by atoms with Gasteiger partial charge in [0.2, 0.25) is 0 Å². The van der Waals surface area contributed by atoms with Crippen LogP contribution in [0.25, 0.3) is 17.3 Å². The molecule has 182 valence electrons. The third-order valence-corrected chi connectivity index (χ3v) is 5.90. The van der Waals surface area contributed by atoms with Gasteiger partial charge in [-0.2, -0.15) is 5.26 Å². The molecule has 0 unspecified atom stereocenters. The number of esters is 1. The first kappa shape index (κ1) is 25.5. The number of nitrogens with zero attached hydrogens (tertiary/aromatic N) is 2. The SMILES string of the molecule is COC(=O)c1cc(/C=c2\s/c(=C(/C#N)C(=O)NC(C)C)n(-c3ccc(OC)c(F)c3)c2=O)oc1C. The van der Waals surface area contributed by atoms with Gasteiger partial charge < -0.3 is 19.2 Å². The third-order valence-electron chi connectivity index (χ3n) is 4.81. The standard InChI is InChI=1S/C24H22FN3O6S/c1-12(2)27-21(29)17(11-26)23-28(14-6-7-19(32-4)18(25)8-14)22(30)20(35-23)10-15-9-16(13(3)34-15)24(31)33-5/h6-10,12H,1-5H3,(H,27,29)/b20-10-,23-17-. The molecule has 0 aliphatic heterocycles. The van der Waals surface area contributed by atoms with Crippen LogP contribution >= 0.6 is 11.3 Å². The van der Waals surface area contributed by atoms with Crippen LogP contribution < -0.4 is 24.8 Å². The molecule has 0 saturated carbocycles. The molecule has 0 atom stereocenters. The Bertz CT molecular complexity index is 1520. The fourth-order valence-corrected chi connectivity index (χ4v) is 4.31. The molecular formula is C24H22FN3O6S. The van der Waals surface area contributed by atoms with Crippen molar-refractivity contribution in [1.82, 2.24) is 9.88 Å². The van der Waals surface area contributed by atoms with Crippen molar-refractivity contribution in [3.05, 3.63) is 66.7 Å². The Morgan fingerprint density at radius 2 is 2.00 bits per heavy atom. The van der Waals surface area contributed by atoms with E-state index in [1.165, 1.54) is 38.5 Å². The maximum absolute atomic E-state index is 14.5. The highest BCUT2D eigenvalue weighted by Crippen LogP contribution is 2.19. The Morgan fingerprint density at radius 1 is 1.29 bits per heavy atom. The maximum atomic E-state index is 14.5. The van der Waals surface area contributed by atoms with Gasteiger partial charge in [-0.25, -0.2) is 9.18 Å². The predicted octanol–water partition coefficient (Wildman–Crippen LogP) is 1.76. The first-order chi connectivity index (χ1) is 16.6. The van der Waals surface area contributed by atoms with Gasteiger partial charge in [-0.05, 0) is 39.0 Å². The van der Waals surface area contributed by atoms with Crippen molar-refractivity contribution >= 4 is 34.9 Å². The Morgan fingerprint density at radius 3 is 2.57 bits per heavy atom. The van der Waals surface area contributed by atoms with Gasteiger partial charge >= 0.3 is 5.97 Å². The number of halogens is 1. The summed E-state index contributed by atoms with van der Waals surface area (Å²) in [6, 6.07) is 6.84. The second kappa shape index (κ2) is 10.4. The number of aryl methyl sites for hydroxylation is 1. The summed E-state index contributed by atoms with van der Waals surface area (Å²) in [5.74, 6) is -1.57. The number of aromatic nitrogens is 1. The second-order valence-electron chi connectivity index (χ2n) is 7.60. The smallest absolute Gasteiger partial charge is 0.341 e. The monoisotopic (exact) mass is 499 g/mol. The summed E-state index contributed by atoms with van der Waals surface area (Å²) >= 11 is 0.854. The number of nitrogens with one attached hydrogen (secondary N) is 1. The molecule has 1 N–H and O–H groups in total. The van der Waals surface area contributed by atoms with Crippen molar-refractivity contribution in [1.29, 1.82) is 5.26 Å². The van der Waals surface area contributed by atoms with Crippen LogP contribution in [0.3, 0.4) is 0 Å². The third kappa shape index (κ3) is 5.17. The van der Waals surface area contributed by atoms with Crippen LogP contribution in [0.15, 0.2) is 33.5 Å². The summed E-state index contributed by atoms with van der Waals surface area (Å²) in [6.45, 7) is 5.02. The summed E-state index contributed by atoms with van der Waals surface area (Å²) < 4.78 is 30.8. The Labute approximate surface area is 203 Å². The first-order valence-electron chi connectivity index (χ1n) is 10.3. The summed E-state index contributed by atoms with van der Waals surface area (Å²) in [6.07, 6.45) is 1.38. The fourth-order valence-electron chi connectivity index (χ4n) is 3.23. The minimum atomic E-state index is -0.728. The molecule has 0 bridgehead atoms. The number of rotatable bonds is 6. The molecule has 0 saturated heterocycles. The zero-order valence-corrected chi connectivity index (χ0v) is 20.4. The van der Waals surface area contributed by atoms with Crippen LogP contribution in [0.4, 0.5) is 4.39 Å². The zero-order chi connectivity index (χ0) is 25.9. The van der Waals surface area contributed by atoms with E-state index in [0.29, 0.717) is 0 Å². The predicted molar refractivity (Wildman–Crippen MR) is 126 cm³/mol. The van der Waals surface area contributed by atoms with Crippen LogP contribution in [0.1, 0.15) is 35.7 Å². The molecule has 1 aromatic carbocycles. The van der Waals surface area contributed by atoms with Crippen LogP contribution in [0.2, 0.25) is 0 Å². The molecule has 2 aromatic heterocycles. The van der Waals surface area contributed by atoms with E-state index < -0.39 is 23.3 Å². The van der Waals surface area contributed by atoms with Crippen LogP contribution in [-0.2, 0) is 9.53 Å². The number of hydrogen-bond donors (Lipinski definition) is 1. The van der Waals surface area contributed by atoms with E-state index in [-0.39, 0.29) is 49.3 Å². The Hall–Kier alpha value is -4.17. The van der Waals surface area contributed by atoms with E-state index in [1.807, 2.05) is 6.07 Å². The minimum absolute atomic E-state index is 0.00272. The number of furan rings is 1. The van der Waals surface area contributed by atoms with Crippen molar-refractivity contribution in [2.45, 2.75) is 26.8 Å². The van der Waals surface area contributed by atoms with Gasteiger partial charge in [0.25, 0.3) is 11.5 Å². The summed E-state index contributed by atoms with van der Waals surface area (Å²) in [7, 11) is 2.54. The molecule has 0 aliphatic carbocycles. The molecule has 2 heterocycles. The van der Waals surface area contributed by atoms with E-state index in [0.717, 1.165) is 22.0 Å². The quantitative estimate of drug-likeness (QED) is 0.513. The molecule has 0 fully saturated rings. The van der Waals surface area contributed by atoms with E-state index in [2.05, 4.69) is 5.32 Å². The zero-order valence-electron chi connectivity index (χ0n) is 19.6. The minimum Gasteiger partial charge on any atom is -0.494 e. The molecule has 3 rings (SSSR count). The normalized spacial score (nSPS) is 12.3. The van der Waals surface area contributed by atoms with Gasteiger partial charge in [0.15, 0.2) is 17.1 Å². The number of methoxy groups -OCH3 is 2. The second-order valence-corrected chi connectivity index (χ2v) is 8.63. The van der Waals surface area contributed by atoms with Crippen molar-refractivity contribution in [3.8, 4) is 17.5 Å². The number of nitriles is 1. The largest absolute Gasteiger partial charge is 0.494 e. The molecule has 11 heteroatoms. The number of hydrogen-bond acceptors (Lipinski definition) is 8. The molecule has 35 heavy (non-hydrogen) atoms. The van der Waals surface area contributed by atoms with Gasteiger partial charge in [-0.3, -0.25) is 14.2 Å². The Balaban J connectivity index is 2.36. The van der Waals surface area contributed by atoms with Crippen LogP contribution in [0.5, 0.6) is 5.75 Å². The molecular weight excluding hydrogens is 477 g/mol. The van der Waals surface area contributed by atoms with Gasteiger partial charge in [-0.15, -0.1) is 11.3 Å². The van der Waals surface area contributed by atoms with Crippen molar-refractivity contribution in [2.24, 2.45) is 0 Å². The fraction of sp³-hybridized carbons (Fsp3) is 0.250. The number of carbonyl (C=O) groups is 2. The number of carbonyl (C=O) groups excluding carboxylic acids is 2. The average Bonchev–Trinajstić information content (AvgIpc) is 3.32. The highest BCUT2D eigenvalue weighted by Gasteiger charge is 2.19. The topological polar surface area (TPSA) is 124 Å². The maximum Gasteiger partial charge on any atom is 0.341 e. The lowest BCUT2D eigenvalue weighted by Crippen LogP contribution is -2.36. The van der Waals surface area contributed by atoms with E-state index in [4.69, 9.17) is 13.9 Å². The number of benzene rings is 1. The van der Waals surface area contributed by atoms with Crippen LogP contribution in [-0.4, -0.2) is 36.7 Å². The van der Waals surface area contributed by atoms with Gasteiger partial charge in [0, 0.05) is 18.2 Å². The highest BCUT2D eigenvalue weighted by atomic mass is 32.1. The number of amides is 1. The number of ether oxygens (including phenoxy) is 2. The molecule has 0 radical (unpaired) electrons. The summed E-state index contributed by atoms with van der Waals surface area (Å²) in [5, 5.41) is 12.4. The van der Waals surface area contributed by atoms with E-state index in [9.17, 15) is 24.0 Å². The lowest BCUT2D eigenvalue weighted by atomic mass is 10.2. The van der Waals surface area contributed by atoms with Gasteiger partial charge in [0.05, 0.1) is 24.4 Å². The van der Waals surface area contributed by atoms with E-state index >= 15 is 0 Å². The molecule has 1 amide bonds. The summed E-state index contributed by atoms with van der Waals surface area (Å²) in [5.41, 5.74) is -0.653. The summed E-state index contributed by atoms with van der Waals surface area (Å²) in [4.78, 5) is 38.0. The molecule has 3 aromatic rings. The molecule has 0 spiro atoms. The van der Waals surface area contributed by atoms with Crippen molar-refractivity contribution in [3.63, 3.8) is 0 Å². The van der Waals surface area contributed by atoms with E-state index in [1.54, 1.807) is 20.8 Å². The lowest BCUT2D eigenvalue weighted by molar-refractivity contribution is -0.116.